The lowest BCUT2D eigenvalue weighted by Gasteiger charge is -2.16. The molecular weight excluding hydrogens is 454 g/mol. The molecule has 0 fully saturated rings. The van der Waals surface area contributed by atoms with Gasteiger partial charge in [0, 0.05) is 30.5 Å². The average Bonchev–Trinajstić information content (AvgIpc) is 3.22. The highest BCUT2D eigenvalue weighted by Crippen LogP contribution is 2.37. The molecule has 3 aromatic rings. The molecule has 0 aliphatic heterocycles. The van der Waals surface area contributed by atoms with Crippen LogP contribution in [0.15, 0.2) is 59.6 Å². The Morgan fingerprint density at radius 2 is 1.97 bits per heavy atom. The van der Waals surface area contributed by atoms with Crippen LogP contribution in [0.3, 0.4) is 0 Å². The molecule has 0 aliphatic rings. The monoisotopic (exact) mass is 477 g/mol. The summed E-state index contributed by atoms with van der Waals surface area (Å²) in [5.74, 6) is 1.46. The Morgan fingerprint density at radius 3 is 2.69 bits per heavy atom. The molecular formula is C22H25BrClN3O2. The van der Waals surface area contributed by atoms with Gasteiger partial charge in [-0.05, 0) is 71.2 Å². The Morgan fingerprint density at radius 1 is 1.14 bits per heavy atom. The Labute approximate surface area is 185 Å². The molecule has 1 heterocycles. The third-order valence-corrected chi connectivity index (χ3v) is 5.16. The lowest BCUT2D eigenvalue weighted by Crippen LogP contribution is -2.16. The van der Waals surface area contributed by atoms with Crippen LogP contribution in [0.4, 0.5) is 0 Å². The molecule has 0 atom stereocenters. The van der Waals surface area contributed by atoms with E-state index >= 15 is 0 Å². The molecule has 154 valence electrons. The zero-order valence-corrected chi connectivity index (χ0v) is 18.7. The number of hydrogen-bond acceptors (Lipinski definition) is 4. The van der Waals surface area contributed by atoms with Gasteiger partial charge in [-0.25, -0.2) is 4.98 Å². The number of halogens is 2. The van der Waals surface area contributed by atoms with Gasteiger partial charge in [0.15, 0.2) is 11.5 Å². The van der Waals surface area contributed by atoms with E-state index in [4.69, 9.17) is 21.1 Å². The normalized spacial score (nSPS) is 10.9. The number of aromatic nitrogens is 2. The third kappa shape index (κ3) is 6.77. The molecule has 0 saturated carbocycles. The molecule has 0 aliphatic carbocycles. The summed E-state index contributed by atoms with van der Waals surface area (Å²) in [6, 6.07) is 11.7. The first-order valence-electron chi connectivity index (χ1n) is 9.64. The number of ether oxygens (including phenoxy) is 2. The van der Waals surface area contributed by atoms with Crippen molar-refractivity contribution in [2.75, 3.05) is 13.2 Å². The van der Waals surface area contributed by atoms with Gasteiger partial charge in [0.1, 0.15) is 6.61 Å². The fraction of sp³-hybridized carbons (Fsp3) is 0.318. The number of nitrogens with one attached hydrogen (secondary N) is 1. The SMILES string of the molecule is CCOc1cc(CNCCCn2ccnc2)cc(Br)c1OCc1ccc(Cl)cc1. The van der Waals surface area contributed by atoms with Gasteiger partial charge in [-0.1, -0.05) is 23.7 Å². The largest absolute Gasteiger partial charge is 0.490 e. The van der Waals surface area contributed by atoms with E-state index in [0.29, 0.717) is 24.0 Å². The van der Waals surface area contributed by atoms with Crippen LogP contribution in [0.2, 0.25) is 5.02 Å². The topological polar surface area (TPSA) is 48.3 Å². The summed E-state index contributed by atoms with van der Waals surface area (Å²) in [5.41, 5.74) is 2.19. The van der Waals surface area contributed by atoms with Crippen molar-refractivity contribution in [2.45, 2.75) is 33.0 Å². The predicted octanol–water partition coefficient (Wildman–Crippen LogP) is 5.46. The van der Waals surface area contributed by atoms with Gasteiger partial charge in [-0.3, -0.25) is 0 Å². The second-order valence-corrected chi connectivity index (χ2v) is 7.87. The van der Waals surface area contributed by atoms with Gasteiger partial charge < -0.3 is 19.4 Å². The third-order valence-electron chi connectivity index (χ3n) is 4.32. The molecule has 0 spiro atoms. The molecule has 0 amide bonds. The Bertz CT molecular complexity index is 886. The molecule has 0 bridgehead atoms. The quantitative estimate of drug-likeness (QED) is 0.372. The van der Waals surface area contributed by atoms with Gasteiger partial charge >= 0.3 is 0 Å². The molecule has 2 aromatic carbocycles. The Balaban J connectivity index is 1.57. The van der Waals surface area contributed by atoms with Crippen molar-refractivity contribution in [1.82, 2.24) is 14.9 Å². The van der Waals surface area contributed by atoms with E-state index in [1.165, 1.54) is 0 Å². The van der Waals surface area contributed by atoms with E-state index in [1.807, 2.05) is 49.8 Å². The summed E-state index contributed by atoms with van der Waals surface area (Å²) in [6.45, 7) is 5.64. The van der Waals surface area contributed by atoms with Gasteiger partial charge in [0.25, 0.3) is 0 Å². The van der Waals surface area contributed by atoms with Crippen LogP contribution in [0.1, 0.15) is 24.5 Å². The number of imidazole rings is 1. The van der Waals surface area contributed by atoms with E-state index in [0.717, 1.165) is 47.4 Å². The second kappa shape index (κ2) is 11.2. The van der Waals surface area contributed by atoms with Gasteiger partial charge in [0.2, 0.25) is 0 Å². The Hall–Kier alpha value is -2.02. The second-order valence-electron chi connectivity index (χ2n) is 6.58. The summed E-state index contributed by atoms with van der Waals surface area (Å²) in [6.07, 6.45) is 6.66. The van der Waals surface area contributed by atoms with Crippen molar-refractivity contribution in [3.8, 4) is 11.5 Å². The van der Waals surface area contributed by atoms with Gasteiger partial charge in [0.05, 0.1) is 17.4 Å². The van der Waals surface area contributed by atoms with Crippen molar-refractivity contribution in [3.05, 3.63) is 75.7 Å². The molecule has 5 nitrogen and oxygen atoms in total. The highest BCUT2D eigenvalue weighted by molar-refractivity contribution is 9.10. The maximum atomic E-state index is 6.04. The minimum atomic E-state index is 0.446. The van der Waals surface area contributed by atoms with Crippen LogP contribution in [-0.2, 0) is 19.7 Å². The summed E-state index contributed by atoms with van der Waals surface area (Å²) in [7, 11) is 0. The molecule has 29 heavy (non-hydrogen) atoms. The zero-order chi connectivity index (χ0) is 20.5. The van der Waals surface area contributed by atoms with E-state index in [-0.39, 0.29) is 0 Å². The fourth-order valence-electron chi connectivity index (χ4n) is 2.90. The molecule has 3 rings (SSSR count). The predicted molar refractivity (Wildman–Crippen MR) is 120 cm³/mol. The Kier molecular flexibility index (Phi) is 8.40. The van der Waals surface area contributed by atoms with Crippen LogP contribution < -0.4 is 14.8 Å². The molecule has 0 unspecified atom stereocenters. The molecule has 7 heteroatoms. The first kappa shape index (κ1) is 21.7. The van der Waals surface area contributed by atoms with Crippen LogP contribution in [0.5, 0.6) is 11.5 Å². The van der Waals surface area contributed by atoms with E-state index in [9.17, 15) is 0 Å². The standard InChI is InChI=1S/C22H25BrClN3O2/c1-2-28-21-13-18(14-25-8-3-10-27-11-9-26-16-27)12-20(23)22(21)29-15-17-4-6-19(24)7-5-17/h4-7,9,11-13,16,25H,2-3,8,10,14-15H2,1H3. The summed E-state index contributed by atoms with van der Waals surface area (Å²) < 4.78 is 14.8. The summed E-state index contributed by atoms with van der Waals surface area (Å²) in [5, 5.41) is 4.19. The number of benzene rings is 2. The lowest BCUT2D eigenvalue weighted by molar-refractivity contribution is 0.267. The first-order valence-corrected chi connectivity index (χ1v) is 10.8. The maximum absolute atomic E-state index is 6.04. The van der Waals surface area contributed by atoms with Crippen molar-refractivity contribution in [2.24, 2.45) is 0 Å². The minimum Gasteiger partial charge on any atom is -0.490 e. The van der Waals surface area contributed by atoms with Gasteiger partial charge in [-0.15, -0.1) is 0 Å². The van der Waals surface area contributed by atoms with E-state index in [2.05, 4.69) is 36.9 Å². The van der Waals surface area contributed by atoms with Crippen molar-refractivity contribution < 1.29 is 9.47 Å². The number of hydrogen-bond donors (Lipinski definition) is 1. The van der Waals surface area contributed by atoms with Crippen molar-refractivity contribution in [1.29, 1.82) is 0 Å². The first-order chi connectivity index (χ1) is 14.2. The van der Waals surface area contributed by atoms with E-state index < -0.39 is 0 Å². The highest BCUT2D eigenvalue weighted by Gasteiger charge is 2.13. The van der Waals surface area contributed by atoms with Crippen LogP contribution in [0, 0.1) is 0 Å². The number of nitrogens with zero attached hydrogens (tertiary/aromatic N) is 2. The number of aryl methyl sites for hydroxylation is 1. The summed E-state index contributed by atoms with van der Waals surface area (Å²) >= 11 is 9.58. The molecule has 0 radical (unpaired) electrons. The smallest absolute Gasteiger partial charge is 0.175 e. The maximum Gasteiger partial charge on any atom is 0.175 e. The highest BCUT2D eigenvalue weighted by atomic mass is 79.9. The minimum absolute atomic E-state index is 0.446. The fourth-order valence-corrected chi connectivity index (χ4v) is 3.63. The van der Waals surface area contributed by atoms with E-state index in [1.54, 1.807) is 6.20 Å². The molecule has 1 aromatic heterocycles. The average molecular weight is 479 g/mol. The van der Waals surface area contributed by atoms with Gasteiger partial charge in [-0.2, -0.15) is 0 Å². The zero-order valence-electron chi connectivity index (χ0n) is 16.4. The molecule has 1 N–H and O–H groups in total. The lowest BCUT2D eigenvalue weighted by atomic mass is 10.2. The van der Waals surface area contributed by atoms with Crippen molar-refractivity contribution >= 4 is 27.5 Å². The van der Waals surface area contributed by atoms with Crippen molar-refractivity contribution in [3.63, 3.8) is 0 Å². The van der Waals surface area contributed by atoms with Crippen LogP contribution >= 0.6 is 27.5 Å². The van der Waals surface area contributed by atoms with Crippen LogP contribution in [-0.4, -0.2) is 22.7 Å². The molecule has 0 saturated heterocycles. The number of rotatable bonds is 11. The van der Waals surface area contributed by atoms with Crippen LogP contribution in [0.25, 0.3) is 0 Å². The summed E-state index contributed by atoms with van der Waals surface area (Å²) in [4.78, 5) is 4.06.